The molecule has 146 valence electrons. The van der Waals surface area contributed by atoms with Crippen LogP contribution in [0.1, 0.15) is 22.5 Å². The van der Waals surface area contributed by atoms with Crippen LogP contribution in [0, 0.1) is 10.1 Å². The third kappa shape index (κ3) is 3.94. The normalized spacial score (nSPS) is 13.5. The predicted molar refractivity (Wildman–Crippen MR) is 111 cm³/mol. The third-order valence-electron chi connectivity index (χ3n) is 4.97. The van der Waals surface area contributed by atoms with Gasteiger partial charge < -0.3 is 9.80 Å². The Labute approximate surface area is 168 Å². The zero-order valence-corrected chi connectivity index (χ0v) is 15.8. The van der Waals surface area contributed by atoms with E-state index in [2.05, 4.69) is 9.88 Å². The number of amides is 1. The lowest BCUT2D eigenvalue weighted by molar-refractivity contribution is -0.384. The van der Waals surface area contributed by atoms with Crippen LogP contribution in [0.3, 0.4) is 0 Å². The number of aromatic nitrogens is 1. The fourth-order valence-corrected chi connectivity index (χ4v) is 3.56. The number of nitrogens with zero attached hydrogens (tertiary/aromatic N) is 4. The van der Waals surface area contributed by atoms with E-state index in [1.54, 1.807) is 11.1 Å². The van der Waals surface area contributed by atoms with Gasteiger partial charge in [0.2, 0.25) is 0 Å². The van der Waals surface area contributed by atoms with Crippen molar-refractivity contribution >= 4 is 23.0 Å². The molecule has 2 aromatic carbocycles. The van der Waals surface area contributed by atoms with Crippen LogP contribution in [0.25, 0.3) is 0 Å². The zero-order valence-electron chi connectivity index (χ0n) is 15.8. The first-order valence-electron chi connectivity index (χ1n) is 9.44. The first kappa shape index (κ1) is 18.6. The fraction of sp³-hybridized carbons (Fsp3) is 0.182. The van der Waals surface area contributed by atoms with Gasteiger partial charge in [0.05, 0.1) is 28.5 Å². The van der Waals surface area contributed by atoms with Crippen molar-refractivity contribution < 1.29 is 9.72 Å². The minimum absolute atomic E-state index is 0.0284. The van der Waals surface area contributed by atoms with Gasteiger partial charge in [0.1, 0.15) is 0 Å². The molecule has 29 heavy (non-hydrogen) atoms. The molecule has 1 aliphatic rings. The maximum atomic E-state index is 13.2. The largest absolute Gasteiger partial charge is 0.364 e. The van der Waals surface area contributed by atoms with Crippen LogP contribution in [0.2, 0.25) is 0 Å². The lowest BCUT2D eigenvalue weighted by Crippen LogP contribution is -2.31. The van der Waals surface area contributed by atoms with Crippen molar-refractivity contribution in [3.05, 3.63) is 94.3 Å². The molecule has 3 aromatic rings. The summed E-state index contributed by atoms with van der Waals surface area (Å²) in [6.45, 7) is 2.04. The standard InChI is InChI=1S/C22H20N4O3/c27-22(17-9-11-19(12-10-17)26(28)29)25-15-5-14-24(16-18-6-3-4-13-23-18)20-7-1-2-8-21(20)25/h1-4,6-13H,5,14-16H2. The molecule has 2 heterocycles. The van der Waals surface area contributed by atoms with E-state index < -0.39 is 4.92 Å². The number of hydrogen-bond acceptors (Lipinski definition) is 5. The average Bonchev–Trinajstić information content (AvgIpc) is 2.94. The lowest BCUT2D eigenvalue weighted by Gasteiger charge is -2.26. The number of non-ortho nitro benzene ring substituents is 1. The molecule has 1 aromatic heterocycles. The number of rotatable bonds is 4. The van der Waals surface area contributed by atoms with E-state index in [0.29, 0.717) is 18.7 Å². The number of carbonyl (C=O) groups is 1. The van der Waals surface area contributed by atoms with Crippen LogP contribution in [-0.2, 0) is 6.54 Å². The number of hydrogen-bond donors (Lipinski definition) is 0. The van der Waals surface area contributed by atoms with Crippen molar-refractivity contribution in [3.63, 3.8) is 0 Å². The molecular formula is C22H20N4O3. The topological polar surface area (TPSA) is 79.6 Å². The van der Waals surface area contributed by atoms with Crippen LogP contribution >= 0.6 is 0 Å². The molecular weight excluding hydrogens is 368 g/mol. The summed E-state index contributed by atoms with van der Waals surface area (Å²) >= 11 is 0. The highest BCUT2D eigenvalue weighted by molar-refractivity contribution is 6.08. The molecule has 0 N–H and O–H groups in total. The summed E-state index contributed by atoms with van der Waals surface area (Å²) in [7, 11) is 0. The highest BCUT2D eigenvalue weighted by Gasteiger charge is 2.26. The van der Waals surface area contributed by atoms with Gasteiger partial charge in [-0.05, 0) is 42.8 Å². The molecule has 7 heteroatoms. The van der Waals surface area contributed by atoms with E-state index in [1.165, 1.54) is 24.3 Å². The second-order valence-corrected chi connectivity index (χ2v) is 6.85. The monoisotopic (exact) mass is 388 g/mol. The summed E-state index contributed by atoms with van der Waals surface area (Å²) in [4.78, 5) is 32.0. The Balaban J connectivity index is 1.64. The first-order chi connectivity index (χ1) is 14.1. The van der Waals surface area contributed by atoms with Gasteiger partial charge in [-0.1, -0.05) is 18.2 Å². The average molecular weight is 388 g/mol. The highest BCUT2D eigenvalue weighted by Crippen LogP contribution is 2.34. The number of benzene rings is 2. The Morgan fingerprint density at radius 3 is 2.38 bits per heavy atom. The molecule has 1 amide bonds. The molecule has 0 spiro atoms. The van der Waals surface area contributed by atoms with Gasteiger partial charge in [0, 0.05) is 37.0 Å². The molecule has 0 atom stereocenters. The van der Waals surface area contributed by atoms with Crippen LogP contribution in [0.4, 0.5) is 17.1 Å². The molecule has 7 nitrogen and oxygen atoms in total. The van der Waals surface area contributed by atoms with E-state index in [-0.39, 0.29) is 11.6 Å². The minimum Gasteiger partial charge on any atom is -0.364 e. The molecule has 1 aliphatic heterocycles. The number of fused-ring (bicyclic) bond motifs is 1. The van der Waals surface area contributed by atoms with E-state index in [0.717, 1.165) is 30.0 Å². The van der Waals surface area contributed by atoms with Crippen LogP contribution in [-0.4, -0.2) is 28.9 Å². The number of nitro groups is 1. The van der Waals surface area contributed by atoms with Gasteiger partial charge in [-0.25, -0.2) is 0 Å². The second kappa shape index (κ2) is 8.10. The molecule has 0 unspecified atom stereocenters. The number of para-hydroxylation sites is 2. The number of nitro benzene ring substituents is 1. The van der Waals surface area contributed by atoms with Crippen LogP contribution in [0.15, 0.2) is 72.9 Å². The Hall–Kier alpha value is -3.74. The lowest BCUT2D eigenvalue weighted by atomic mass is 10.1. The van der Waals surface area contributed by atoms with Crippen molar-refractivity contribution in [2.24, 2.45) is 0 Å². The summed E-state index contributed by atoms with van der Waals surface area (Å²) < 4.78 is 0. The Bertz CT molecular complexity index is 1020. The summed E-state index contributed by atoms with van der Waals surface area (Å²) in [5.41, 5.74) is 3.19. The van der Waals surface area contributed by atoms with Gasteiger partial charge in [0.15, 0.2) is 0 Å². The summed E-state index contributed by atoms with van der Waals surface area (Å²) in [6, 6.07) is 19.4. The Morgan fingerprint density at radius 1 is 0.966 bits per heavy atom. The molecule has 0 aliphatic carbocycles. The van der Waals surface area contributed by atoms with Gasteiger partial charge in [0.25, 0.3) is 11.6 Å². The van der Waals surface area contributed by atoms with Crippen LogP contribution < -0.4 is 9.80 Å². The van der Waals surface area contributed by atoms with Crippen molar-refractivity contribution in [1.82, 2.24) is 4.98 Å². The van der Waals surface area contributed by atoms with E-state index in [9.17, 15) is 14.9 Å². The predicted octanol–water partition coefficient (Wildman–Crippen LogP) is 4.05. The Kier molecular flexibility index (Phi) is 5.20. The number of pyridine rings is 1. The highest BCUT2D eigenvalue weighted by atomic mass is 16.6. The van der Waals surface area contributed by atoms with E-state index in [1.807, 2.05) is 42.5 Å². The number of carbonyl (C=O) groups excluding carboxylic acids is 1. The molecule has 0 saturated heterocycles. The second-order valence-electron chi connectivity index (χ2n) is 6.85. The minimum atomic E-state index is -0.467. The van der Waals surface area contributed by atoms with Gasteiger partial charge in [-0.2, -0.15) is 0 Å². The van der Waals surface area contributed by atoms with Gasteiger partial charge in [-0.3, -0.25) is 19.9 Å². The molecule has 0 saturated carbocycles. The first-order valence-corrected chi connectivity index (χ1v) is 9.44. The summed E-state index contributed by atoms with van der Waals surface area (Å²) in [6.07, 6.45) is 2.59. The van der Waals surface area contributed by atoms with Gasteiger partial charge >= 0.3 is 0 Å². The Morgan fingerprint density at radius 2 is 1.69 bits per heavy atom. The van der Waals surface area contributed by atoms with Crippen molar-refractivity contribution in [3.8, 4) is 0 Å². The maximum Gasteiger partial charge on any atom is 0.269 e. The van der Waals surface area contributed by atoms with Crippen molar-refractivity contribution in [2.75, 3.05) is 22.9 Å². The quantitative estimate of drug-likeness (QED) is 0.498. The molecule has 4 rings (SSSR count). The van der Waals surface area contributed by atoms with E-state index >= 15 is 0 Å². The zero-order chi connectivity index (χ0) is 20.2. The molecule has 0 radical (unpaired) electrons. The smallest absolute Gasteiger partial charge is 0.269 e. The van der Waals surface area contributed by atoms with Gasteiger partial charge in [-0.15, -0.1) is 0 Å². The third-order valence-corrected chi connectivity index (χ3v) is 4.97. The summed E-state index contributed by atoms with van der Waals surface area (Å²) in [5.74, 6) is -0.160. The van der Waals surface area contributed by atoms with Crippen molar-refractivity contribution in [2.45, 2.75) is 13.0 Å². The maximum absolute atomic E-state index is 13.2. The van der Waals surface area contributed by atoms with Crippen LogP contribution in [0.5, 0.6) is 0 Å². The SMILES string of the molecule is O=C(c1ccc([N+](=O)[O-])cc1)N1CCCN(Cc2ccccn2)c2ccccc21. The molecule has 0 fully saturated rings. The number of anilines is 2. The summed E-state index contributed by atoms with van der Waals surface area (Å²) in [5, 5.41) is 10.9. The fourth-order valence-electron chi connectivity index (χ4n) is 3.56. The van der Waals surface area contributed by atoms with E-state index in [4.69, 9.17) is 0 Å². The van der Waals surface area contributed by atoms with Crippen molar-refractivity contribution in [1.29, 1.82) is 0 Å². The molecule has 0 bridgehead atoms.